The van der Waals surface area contributed by atoms with Gasteiger partial charge in [0.25, 0.3) is 5.69 Å². The van der Waals surface area contributed by atoms with Gasteiger partial charge in [-0.2, -0.15) is 0 Å². The Kier molecular flexibility index (Phi) is 4.81. The van der Waals surface area contributed by atoms with Crippen LogP contribution >= 0.6 is 0 Å². The molecule has 20 heavy (non-hydrogen) atoms. The number of para-hydroxylation sites is 1. The third kappa shape index (κ3) is 3.63. The van der Waals surface area contributed by atoms with Crippen LogP contribution in [-0.2, 0) is 19.7 Å². The molecule has 0 bridgehead atoms. The maximum absolute atomic E-state index is 10.9. The quantitative estimate of drug-likeness (QED) is 0.625. The standard InChI is InChI=1S/C15H16N2O3/c18-11-13-7-5-12(6-8-13)9-16-10-14-3-1-2-4-15(14)17(19)20/h1-8,16,18H,9-11H2. The average molecular weight is 272 g/mol. The number of nitrogens with zero attached hydrogens (tertiary/aromatic N) is 1. The molecule has 2 aromatic carbocycles. The first-order valence-electron chi connectivity index (χ1n) is 6.32. The Balaban J connectivity index is 1.94. The van der Waals surface area contributed by atoms with Gasteiger partial charge < -0.3 is 10.4 Å². The van der Waals surface area contributed by atoms with Gasteiger partial charge in [0.2, 0.25) is 0 Å². The van der Waals surface area contributed by atoms with Crippen molar-refractivity contribution in [1.29, 1.82) is 0 Å². The van der Waals surface area contributed by atoms with Crippen LogP contribution in [0.4, 0.5) is 5.69 Å². The Bertz CT molecular complexity index is 582. The largest absolute Gasteiger partial charge is 0.392 e. The fraction of sp³-hybridized carbons (Fsp3) is 0.200. The van der Waals surface area contributed by atoms with Crippen LogP contribution in [0, 0.1) is 10.1 Å². The Morgan fingerprint density at radius 3 is 2.30 bits per heavy atom. The van der Waals surface area contributed by atoms with Crippen molar-refractivity contribution < 1.29 is 10.0 Å². The maximum Gasteiger partial charge on any atom is 0.273 e. The summed E-state index contributed by atoms with van der Waals surface area (Å²) in [6, 6.07) is 14.3. The Morgan fingerprint density at radius 1 is 1.00 bits per heavy atom. The normalized spacial score (nSPS) is 10.4. The van der Waals surface area contributed by atoms with Gasteiger partial charge in [-0.25, -0.2) is 0 Å². The molecular weight excluding hydrogens is 256 g/mol. The van der Waals surface area contributed by atoms with Gasteiger partial charge in [0.05, 0.1) is 11.5 Å². The molecule has 2 aromatic rings. The van der Waals surface area contributed by atoms with E-state index in [0.717, 1.165) is 11.1 Å². The Hall–Kier alpha value is -2.24. The van der Waals surface area contributed by atoms with E-state index in [9.17, 15) is 10.1 Å². The van der Waals surface area contributed by atoms with Crippen LogP contribution in [0.1, 0.15) is 16.7 Å². The van der Waals surface area contributed by atoms with E-state index in [2.05, 4.69) is 5.32 Å². The number of benzene rings is 2. The predicted molar refractivity (Wildman–Crippen MR) is 76.0 cm³/mol. The zero-order chi connectivity index (χ0) is 14.4. The van der Waals surface area contributed by atoms with Crippen molar-refractivity contribution in [2.24, 2.45) is 0 Å². The molecule has 0 aliphatic rings. The molecule has 0 aromatic heterocycles. The van der Waals surface area contributed by atoms with Crippen LogP contribution in [0.25, 0.3) is 0 Å². The van der Waals surface area contributed by atoms with Gasteiger partial charge >= 0.3 is 0 Å². The van der Waals surface area contributed by atoms with Crippen LogP contribution < -0.4 is 5.32 Å². The smallest absolute Gasteiger partial charge is 0.273 e. The second-order valence-corrected chi connectivity index (χ2v) is 4.46. The SMILES string of the molecule is O=[N+]([O-])c1ccccc1CNCc1ccc(CO)cc1. The van der Waals surface area contributed by atoms with Gasteiger partial charge in [-0.05, 0) is 11.1 Å². The second kappa shape index (κ2) is 6.79. The maximum atomic E-state index is 10.9. The minimum atomic E-state index is -0.368. The number of aliphatic hydroxyl groups is 1. The number of nitrogens with one attached hydrogen (secondary N) is 1. The molecule has 0 unspecified atom stereocenters. The average Bonchev–Trinajstić information content (AvgIpc) is 2.48. The molecule has 0 aliphatic heterocycles. The molecule has 0 atom stereocenters. The van der Waals surface area contributed by atoms with E-state index in [4.69, 9.17) is 5.11 Å². The molecule has 5 nitrogen and oxygen atoms in total. The molecule has 0 radical (unpaired) electrons. The molecule has 0 aliphatic carbocycles. The van der Waals surface area contributed by atoms with Crippen LogP contribution in [0.15, 0.2) is 48.5 Å². The van der Waals surface area contributed by atoms with E-state index in [0.29, 0.717) is 18.7 Å². The summed E-state index contributed by atoms with van der Waals surface area (Å²) < 4.78 is 0. The molecule has 0 spiro atoms. The first-order chi connectivity index (χ1) is 9.70. The zero-order valence-corrected chi connectivity index (χ0v) is 11.0. The number of nitro benzene ring substituents is 1. The second-order valence-electron chi connectivity index (χ2n) is 4.46. The van der Waals surface area contributed by atoms with E-state index >= 15 is 0 Å². The van der Waals surface area contributed by atoms with E-state index in [1.165, 1.54) is 6.07 Å². The van der Waals surface area contributed by atoms with E-state index < -0.39 is 0 Å². The van der Waals surface area contributed by atoms with E-state index in [1.54, 1.807) is 18.2 Å². The summed E-state index contributed by atoms with van der Waals surface area (Å²) in [6.45, 7) is 1.10. The minimum Gasteiger partial charge on any atom is -0.392 e. The summed E-state index contributed by atoms with van der Waals surface area (Å²) in [7, 11) is 0. The van der Waals surface area contributed by atoms with Crippen molar-refractivity contribution in [3.8, 4) is 0 Å². The van der Waals surface area contributed by atoms with Crippen molar-refractivity contribution in [3.63, 3.8) is 0 Å². The molecule has 0 fully saturated rings. The lowest BCUT2D eigenvalue weighted by molar-refractivity contribution is -0.385. The summed E-state index contributed by atoms with van der Waals surface area (Å²) in [6.07, 6.45) is 0. The summed E-state index contributed by atoms with van der Waals surface area (Å²) in [5.41, 5.74) is 2.74. The number of rotatable bonds is 6. The molecular formula is C15H16N2O3. The van der Waals surface area contributed by atoms with Gasteiger partial charge in [0.1, 0.15) is 0 Å². The first-order valence-corrected chi connectivity index (χ1v) is 6.32. The lowest BCUT2D eigenvalue weighted by Gasteiger charge is -2.06. The summed E-state index contributed by atoms with van der Waals surface area (Å²) in [5.74, 6) is 0. The fourth-order valence-corrected chi connectivity index (χ4v) is 1.94. The lowest BCUT2D eigenvalue weighted by atomic mass is 10.1. The molecule has 2 N–H and O–H groups in total. The van der Waals surface area contributed by atoms with Crippen LogP contribution in [0.3, 0.4) is 0 Å². The Morgan fingerprint density at radius 2 is 1.65 bits per heavy atom. The molecule has 104 valence electrons. The number of hydrogen-bond acceptors (Lipinski definition) is 4. The molecule has 0 heterocycles. The van der Waals surface area contributed by atoms with Crippen molar-refractivity contribution in [3.05, 3.63) is 75.3 Å². The highest BCUT2D eigenvalue weighted by atomic mass is 16.6. The first kappa shape index (κ1) is 14.2. The lowest BCUT2D eigenvalue weighted by Crippen LogP contribution is -2.13. The molecule has 0 saturated carbocycles. The van der Waals surface area contributed by atoms with Crippen LogP contribution in [0.5, 0.6) is 0 Å². The molecule has 0 saturated heterocycles. The van der Waals surface area contributed by atoms with Crippen molar-refractivity contribution in [1.82, 2.24) is 5.32 Å². The number of aliphatic hydroxyl groups excluding tert-OH is 1. The van der Waals surface area contributed by atoms with E-state index in [-0.39, 0.29) is 17.2 Å². The third-order valence-electron chi connectivity index (χ3n) is 3.04. The van der Waals surface area contributed by atoms with Crippen molar-refractivity contribution >= 4 is 5.69 Å². The predicted octanol–water partition coefficient (Wildman–Crippen LogP) is 2.38. The van der Waals surface area contributed by atoms with Crippen molar-refractivity contribution in [2.75, 3.05) is 0 Å². The molecule has 5 heteroatoms. The van der Waals surface area contributed by atoms with Gasteiger partial charge in [-0.1, -0.05) is 42.5 Å². The minimum absolute atomic E-state index is 0.0317. The highest BCUT2D eigenvalue weighted by Crippen LogP contribution is 2.17. The van der Waals surface area contributed by atoms with Gasteiger partial charge in [0, 0.05) is 24.7 Å². The third-order valence-corrected chi connectivity index (χ3v) is 3.04. The van der Waals surface area contributed by atoms with Crippen molar-refractivity contribution in [2.45, 2.75) is 19.7 Å². The highest BCUT2D eigenvalue weighted by molar-refractivity contribution is 5.39. The fourth-order valence-electron chi connectivity index (χ4n) is 1.94. The number of hydrogen-bond donors (Lipinski definition) is 2. The van der Waals surface area contributed by atoms with Gasteiger partial charge in [-0.15, -0.1) is 0 Å². The molecule has 2 rings (SSSR count). The van der Waals surface area contributed by atoms with Gasteiger partial charge in [0.15, 0.2) is 0 Å². The topological polar surface area (TPSA) is 75.4 Å². The zero-order valence-electron chi connectivity index (χ0n) is 11.0. The molecule has 0 amide bonds. The summed E-state index contributed by atoms with van der Waals surface area (Å²) in [5, 5.41) is 23.0. The Labute approximate surface area is 117 Å². The van der Waals surface area contributed by atoms with Crippen LogP contribution in [-0.4, -0.2) is 10.0 Å². The highest BCUT2D eigenvalue weighted by Gasteiger charge is 2.11. The summed E-state index contributed by atoms with van der Waals surface area (Å²) in [4.78, 5) is 10.5. The number of nitro groups is 1. The van der Waals surface area contributed by atoms with Crippen LogP contribution in [0.2, 0.25) is 0 Å². The van der Waals surface area contributed by atoms with Gasteiger partial charge in [-0.3, -0.25) is 10.1 Å². The summed E-state index contributed by atoms with van der Waals surface area (Å²) >= 11 is 0. The van der Waals surface area contributed by atoms with E-state index in [1.807, 2.05) is 24.3 Å². The monoisotopic (exact) mass is 272 g/mol.